The zero-order chi connectivity index (χ0) is 22.2. The number of nitrogens with one attached hydrogen (secondary N) is 1. The summed E-state index contributed by atoms with van der Waals surface area (Å²) < 4.78 is 13.5. The molecule has 0 aliphatic rings. The van der Waals surface area contributed by atoms with Gasteiger partial charge in [-0.3, -0.25) is 0 Å². The van der Waals surface area contributed by atoms with Gasteiger partial charge in [-0.05, 0) is 43.2 Å². The van der Waals surface area contributed by atoms with Gasteiger partial charge in [0.2, 0.25) is 0 Å². The molecule has 0 aliphatic heterocycles. The van der Waals surface area contributed by atoms with Crippen LogP contribution in [0.2, 0.25) is 0 Å². The molecule has 2 aromatic carbocycles. The molecule has 0 amide bonds. The van der Waals surface area contributed by atoms with Crippen LogP contribution in [-0.2, 0) is 19.5 Å². The molecule has 0 radical (unpaired) electrons. The highest BCUT2D eigenvalue weighted by molar-refractivity contribution is 5.38. The normalized spacial score (nSPS) is 12.0. The molecule has 3 rings (SSSR count). The maximum absolute atomic E-state index is 10.3. The molecule has 0 spiro atoms. The van der Waals surface area contributed by atoms with E-state index in [1.807, 2.05) is 43.6 Å². The van der Waals surface area contributed by atoms with Gasteiger partial charge in [0.05, 0.1) is 13.7 Å². The van der Waals surface area contributed by atoms with E-state index < -0.39 is 6.10 Å². The Labute approximate surface area is 184 Å². The second-order valence-corrected chi connectivity index (χ2v) is 7.84. The third-order valence-electron chi connectivity index (χ3n) is 5.27. The van der Waals surface area contributed by atoms with Gasteiger partial charge < -0.3 is 24.5 Å². The van der Waals surface area contributed by atoms with Gasteiger partial charge in [0.25, 0.3) is 0 Å². The molecule has 1 aromatic heterocycles. The minimum absolute atomic E-state index is 0.255. The fourth-order valence-corrected chi connectivity index (χ4v) is 3.64. The van der Waals surface area contributed by atoms with Crippen LogP contribution in [0.4, 0.5) is 0 Å². The van der Waals surface area contributed by atoms with Crippen molar-refractivity contribution < 1.29 is 14.6 Å². The molecule has 0 saturated heterocycles. The number of aromatic nitrogens is 2. The number of ether oxygens (including phenoxy) is 2. The lowest BCUT2D eigenvalue weighted by molar-refractivity contribution is 0.106. The number of hydrogen-bond acceptors (Lipinski definition) is 5. The van der Waals surface area contributed by atoms with E-state index in [2.05, 4.69) is 40.8 Å². The molecule has 6 nitrogen and oxygen atoms in total. The summed E-state index contributed by atoms with van der Waals surface area (Å²) in [5.41, 5.74) is 4.52. The summed E-state index contributed by atoms with van der Waals surface area (Å²) in [6, 6.07) is 12.2. The zero-order valence-electron chi connectivity index (χ0n) is 18.9. The molecule has 2 N–H and O–H groups in total. The van der Waals surface area contributed by atoms with Crippen LogP contribution in [0.1, 0.15) is 35.0 Å². The van der Waals surface area contributed by atoms with E-state index in [4.69, 9.17) is 9.47 Å². The van der Waals surface area contributed by atoms with Crippen molar-refractivity contribution in [3.63, 3.8) is 0 Å². The highest BCUT2D eigenvalue weighted by atomic mass is 16.5. The van der Waals surface area contributed by atoms with E-state index in [0.29, 0.717) is 19.6 Å². The Balaban J connectivity index is 1.52. The summed E-state index contributed by atoms with van der Waals surface area (Å²) in [7, 11) is 1.69. The molecule has 0 aliphatic carbocycles. The van der Waals surface area contributed by atoms with Gasteiger partial charge >= 0.3 is 0 Å². The van der Waals surface area contributed by atoms with Crippen LogP contribution in [0.15, 0.2) is 48.8 Å². The molecule has 0 saturated carbocycles. The summed E-state index contributed by atoms with van der Waals surface area (Å²) in [5, 5.41) is 13.6. The van der Waals surface area contributed by atoms with Crippen LogP contribution in [0, 0.1) is 13.8 Å². The number of aliphatic hydroxyl groups is 1. The smallest absolute Gasteiger partial charge is 0.123 e. The quantitative estimate of drug-likeness (QED) is 0.493. The average molecular weight is 424 g/mol. The summed E-state index contributed by atoms with van der Waals surface area (Å²) in [6.45, 7) is 8.25. The molecule has 6 heteroatoms. The lowest BCUT2D eigenvalue weighted by atomic mass is 10.1. The van der Waals surface area contributed by atoms with Gasteiger partial charge in [0, 0.05) is 37.5 Å². The van der Waals surface area contributed by atoms with Gasteiger partial charge in [-0.25, -0.2) is 4.98 Å². The van der Waals surface area contributed by atoms with Crippen molar-refractivity contribution in [3.8, 4) is 11.5 Å². The van der Waals surface area contributed by atoms with Crippen molar-refractivity contribution in [1.29, 1.82) is 0 Å². The van der Waals surface area contributed by atoms with Crippen LogP contribution in [-0.4, -0.2) is 41.0 Å². The zero-order valence-corrected chi connectivity index (χ0v) is 18.9. The van der Waals surface area contributed by atoms with E-state index in [-0.39, 0.29) is 6.61 Å². The third kappa shape index (κ3) is 6.32. The summed E-state index contributed by atoms with van der Waals surface area (Å²) in [6.07, 6.45) is 4.13. The molecule has 1 atom stereocenters. The van der Waals surface area contributed by atoms with Crippen molar-refractivity contribution in [2.75, 3.05) is 20.3 Å². The molecule has 3 aromatic rings. The number of aryl methyl sites for hydroxylation is 3. The highest BCUT2D eigenvalue weighted by Crippen LogP contribution is 2.22. The van der Waals surface area contributed by atoms with Gasteiger partial charge in [-0.2, -0.15) is 0 Å². The number of benzene rings is 2. The number of rotatable bonds is 11. The van der Waals surface area contributed by atoms with Crippen LogP contribution in [0.3, 0.4) is 0 Å². The van der Waals surface area contributed by atoms with E-state index in [1.165, 1.54) is 5.56 Å². The van der Waals surface area contributed by atoms with Crippen LogP contribution < -0.4 is 14.8 Å². The monoisotopic (exact) mass is 423 g/mol. The molecule has 166 valence electrons. The lowest BCUT2D eigenvalue weighted by Gasteiger charge is -2.16. The Morgan fingerprint density at radius 1 is 1.13 bits per heavy atom. The van der Waals surface area contributed by atoms with Crippen LogP contribution >= 0.6 is 0 Å². The molecule has 31 heavy (non-hydrogen) atoms. The maximum Gasteiger partial charge on any atom is 0.123 e. The van der Waals surface area contributed by atoms with E-state index >= 15 is 0 Å². The Hall–Kier alpha value is -2.83. The molecular formula is C25H33N3O3. The number of nitrogens with zero attached hydrogens (tertiary/aromatic N) is 2. The minimum atomic E-state index is -0.587. The fraction of sp³-hybridized carbons (Fsp3) is 0.400. The first-order valence-corrected chi connectivity index (χ1v) is 10.7. The summed E-state index contributed by atoms with van der Waals surface area (Å²) in [4.78, 5) is 4.40. The van der Waals surface area contributed by atoms with Gasteiger partial charge in [-0.1, -0.05) is 30.7 Å². The first-order chi connectivity index (χ1) is 15.0. The van der Waals surface area contributed by atoms with Crippen molar-refractivity contribution in [2.24, 2.45) is 0 Å². The third-order valence-corrected chi connectivity index (χ3v) is 5.27. The number of imidazole rings is 1. The minimum Gasteiger partial charge on any atom is -0.496 e. The second kappa shape index (κ2) is 11.0. The van der Waals surface area contributed by atoms with Crippen molar-refractivity contribution >= 4 is 0 Å². The lowest BCUT2D eigenvalue weighted by Crippen LogP contribution is -2.31. The SMILES string of the molecule is CCc1nccn1Cc1cc(CNCC(O)COc2ccc(C)cc2C)ccc1OC. The van der Waals surface area contributed by atoms with Crippen molar-refractivity contribution in [1.82, 2.24) is 14.9 Å². The Bertz CT molecular complexity index is 984. The van der Waals surface area contributed by atoms with Gasteiger partial charge in [0.15, 0.2) is 0 Å². The largest absolute Gasteiger partial charge is 0.496 e. The van der Waals surface area contributed by atoms with E-state index in [0.717, 1.165) is 40.4 Å². The average Bonchev–Trinajstić information content (AvgIpc) is 3.20. The van der Waals surface area contributed by atoms with Crippen LogP contribution in [0.25, 0.3) is 0 Å². The predicted molar refractivity (Wildman–Crippen MR) is 123 cm³/mol. The molecular weight excluding hydrogens is 390 g/mol. The Morgan fingerprint density at radius 2 is 1.94 bits per heavy atom. The molecule has 1 heterocycles. The number of methoxy groups -OCH3 is 1. The Morgan fingerprint density at radius 3 is 2.68 bits per heavy atom. The topological polar surface area (TPSA) is 68.5 Å². The predicted octanol–water partition coefficient (Wildman–Crippen LogP) is 3.65. The Kier molecular flexibility index (Phi) is 8.09. The first kappa shape index (κ1) is 22.8. The molecule has 1 unspecified atom stereocenters. The molecule has 0 fully saturated rings. The fourth-order valence-electron chi connectivity index (χ4n) is 3.64. The van der Waals surface area contributed by atoms with Gasteiger partial charge in [-0.15, -0.1) is 0 Å². The highest BCUT2D eigenvalue weighted by Gasteiger charge is 2.10. The van der Waals surface area contributed by atoms with Gasteiger partial charge in [0.1, 0.15) is 30.0 Å². The number of aliphatic hydroxyl groups excluding tert-OH is 1. The summed E-state index contributed by atoms with van der Waals surface area (Å²) >= 11 is 0. The van der Waals surface area contributed by atoms with E-state index in [1.54, 1.807) is 7.11 Å². The first-order valence-electron chi connectivity index (χ1n) is 10.7. The van der Waals surface area contributed by atoms with Crippen LogP contribution in [0.5, 0.6) is 11.5 Å². The maximum atomic E-state index is 10.3. The van der Waals surface area contributed by atoms with Crippen molar-refractivity contribution in [3.05, 3.63) is 76.9 Å². The van der Waals surface area contributed by atoms with Crippen molar-refractivity contribution in [2.45, 2.75) is 46.4 Å². The number of hydrogen-bond donors (Lipinski definition) is 2. The summed E-state index contributed by atoms with van der Waals surface area (Å²) in [5.74, 6) is 2.73. The van der Waals surface area contributed by atoms with E-state index in [9.17, 15) is 5.11 Å². The molecule has 0 bridgehead atoms. The standard InChI is InChI=1S/C25H33N3O3/c1-5-25-27-10-11-28(25)16-21-13-20(7-9-24(21)30-4)14-26-15-22(29)17-31-23-8-6-18(2)12-19(23)3/h6-13,22,26,29H,5,14-17H2,1-4H3. The second-order valence-electron chi connectivity index (χ2n) is 7.84.